The zero-order valence-electron chi connectivity index (χ0n) is 11.4. The number of carbonyl (C=O) groups is 1. The number of carbonyl (C=O) groups excluding carboxylic acids is 1. The van der Waals surface area contributed by atoms with Crippen molar-refractivity contribution in [2.75, 3.05) is 5.73 Å². The van der Waals surface area contributed by atoms with Crippen LogP contribution >= 0.6 is 15.9 Å². The quantitative estimate of drug-likeness (QED) is 0.856. The molecular formula is C14H15BrN4O. The normalized spacial score (nSPS) is 13.9. The third-order valence-corrected chi connectivity index (χ3v) is 4.65. The molecule has 2 N–H and O–H groups in total. The van der Waals surface area contributed by atoms with Gasteiger partial charge in [0.2, 0.25) is 0 Å². The van der Waals surface area contributed by atoms with Crippen LogP contribution in [0.4, 0.5) is 5.69 Å². The van der Waals surface area contributed by atoms with Crippen LogP contribution in [0.3, 0.4) is 0 Å². The van der Waals surface area contributed by atoms with E-state index in [0.717, 1.165) is 21.4 Å². The number of aromatic nitrogens is 2. The van der Waals surface area contributed by atoms with Crippen LogP contribution in [0.15, 0.2) is 22.7 Å². The minimum Gasteiger partial charge on any atom is -0.399 e. The number of hydrogen-bond donors (Lipinski definition) is 1. The number of rotatable bonds is 2. The van der Waals surface area contributed by atoms with Gasteiger partial charge in [0, 0.05) is 24.8 Å². The van der Waals surface area contributed by atoms with E-state index in [1.54, 1.807) is 6.07 Å². The third-order valence-electron chi connectivity index (χ3n) is 3.62. The number of anilines is 1. The number of aryl methyl sites for hydroxylation is 2. The van der Waals surface area contributed by atoms with Crippen LogP contribution in [0.2, 0.25) is 0 Å². The molecule has 0 radical (unpaired) electrons. The number of nitrogen functional groups attached to an aromatic ring is 1. The topological polar surface area (TPSA) is 64.2 Å². The highest BCUT2D eigenvalue weighted by Gasteiger charge is 2.28. The Morgan fingerprint density at radius 3 is 2.85 bits per heavy atom. The van der Waals surface area contributed by atoms with Crippen LogP contribution in [-0.2, 0) is 20.1 Å². The van der Waals surface area contributed by atoms with Crippen molar-refractivity contribution in [2.45, 2.75) is 20.0 Å². The zero-order valence-corrected chi connectivity index (χ0v) is 12.9. The van der Waals surface area contributed by atoms with Gasteiger partial charge in [-0.15, -0.1) is 0 Å². The maximum Gasteiger partial charge on any atom is 0.254 e. The molecule has 0 saturated heterocycles. The van der Waals surface area contributed by atoms with E-state index in [-0.39, 0.29) is 5.91 Å². The summed E-state index contributed by atoms with van der Waals surface area (Å²) in [4.78, 5) is 14.2. The van der Waals surface area contributed by atoms with E-state index in [0.29, 0.717) is 24.3 Å². The summed E-state index contributed by atoms with van der Waals surface area (Å²) in [7, 11) is 1.89. The Kier molecular flexibility index (Phi) is 3.05. The standard InChI is InChI=1S/C14H15BrN4O/c1-8-13(15)12(18(2)17-8)7-19-6-9-3-4-10(16)5-11(9)14(19)20/h3-5H,6-7,16H2,1-2H3. The minimum absolute atomic E-state index is 0.0260. The molecule has 0 spiro atoms. The first-order valence-electron chi connectivity index (χ1n) is 6.33. The molecule has 3 rings (SSSR count). The van der Waals surface area contributed by atoms with Crippen molar-refractivity contribution in [3.05, 3.63) is 45.2 Å². The molecular weight excluding hydrogens is 320 g/mol. The molecule has 1 aromatic heterocycles. The molecule has 2 aromatic rings. The van der Waals surface area contributed by atoms with Crippen molar-refractivity contribution in [3.63, 3.8) is 0 Å². The maximum atomic E-state index is 12.4. The van der Waals surface area contributed by atoms with Crippen molar-refractivity contribution >= 4 is 27.5 Å². The number of benzene rings is 1. The first-order valence-corrected chi connectivity index (χ1v) is 7.12. The average molecular weight is 335 g/mol. The Hall–Kier alpha value is -1.82. The molecule has 0 bridgehead atoms. The summed E-state index contributed by atoms with van der Waals surface area (Å²) in [6.07, 6.45) is 0. The predicted molar refractivity (Wildman–Crippen MR) is 80.1 cm³/mol. The van der Waals surface area contributed by atoms with Crippen LogP contribution < -0.4 is 5.73 Å². The Balaban J connectivity index is 1.90. The Labute approximate surface area is 125 Å². The highest BCUT2D eigenvalue weighted by atomic mass is 79.9. The SMILES string of the molecule is Cc1nn(C)c(CN2Cc3ccc(N)cc3C2=O)c1Br. The predicted octanol–water partition coefficient (Wildman–Crippen LogP) is 2.23. The van der Waals surface area contributed by atoms with Crippen LogP contribution in [0.1, 0.15) is 27.3 Å². The molecule has 5 nitrogen and oxygen atoms in total. The molecule has 0 atom stereocenters. The first kappa shape index (κ1) is 13.2. The van der Waals surface area contributed by atoms with E-state index in [9.17, 15) is 4.79 Å². The summed E-state index contributed by atoms with van der Waals surface area (Å²) < 4.78 is 2.77. The van der Waals surface area contributed by atoms with E-state index in [1.807, 2.05) is 35.7 Å². The van der Waals surface area contributed by atoms with E-state index in [1.165, 1.54) is 0 Å². The fourth-order valence-corrected chi connectivity index (χ4v) is 3.00. The molecule has 1 aromatic carbocycles. The van der Waals surface area contributed by atoms with Crippen molar-refractivity contribution < 1.29 is 4.79 Å². The molecule has 1 aliphatic rings. The van der Waals surface area contributed by atoms with Gasteiger partial charge in [-0.2, -0.15) is 5.10 Å². The number of halogens is 1. The molecule has 2 heterocycles. The van der Waals surface area contributed by atoms with Crippen LogP contribution in [0.5, 0.6) is 0 Å². The number of fused-ring (bicyclic) bond motifs is 1. The Morgan fingerprint density at radius 1 is 1.45 bits per heavy atom. The minimum atomic E-state index is 0.0260. The van der Waals surface area contributed by atoms with Crippen molar-refractivity contribution in [1.82, 2.24) is 14.7 Å². The van der Waals surface area contributed by atoms with E-state index in [4.69, 9.17) is 5.73 Å². The largest absolute Gasteiger partial charge is 0.399 e. The Bertz CT molecular complexity index is 707. The van der Waals surface area contributed by atoms with Gasteiger partial charge in [-0.05, 0) is 40.5 Å². The lowest BCUT2D eigenvalue weighted by molar-refractivity contribution is 0.0762. The maximum absolute atomic E-state index is 12.4. The molecule has 1 amide bonds. The second-order valence-corrected chi connectivity index (χ2v) is 5.84. The summed E-state index contributed by atoms with van der Waals surface area (Å²) in [5.41, 5.74) is 10.0. The van der Waals surface area contributed by atoms with E-state index < -0.39 is 0 Å². The number of hydrogen-bond acceptors (Lipinski definition) is 3. The number of nitrogens with zero attached hydrogens (tertiary/aromatic N) is 3. The summed E-state index contributed by atoms with van der Waals surface area (Å²) in [5.74, 6) is 0.0260. The fourth-order valence-electron chi connectivity index (χ4n) is 2.54. The van der Waals surface area contributed by atoms with Crippen LogP contribution in [0.25, 0.3) is 0 Å². The summed E-state index contributed by atoms with van der Waals surface area (Å²) in [6, 6.07) is 5.51. The molecule has 1 aliphatic heterocycles. The van der Waals surface area contributed by atoms with E-state index in [2.05, 4.69) is 21.0 Å². The number of nitrogens with two attached hydrogens (primary N) is 1. The van der Waals surface area contributed by atoms with Gasteiger partial charge in [0.05, 0.1) is 22.4 Å². The van der Waals surface area contributed by atoms with Gasteiger partial charge in [-0.3, -0.25) is 9.48 Å². The highest BCUT2D eigenvalue weighted by molar-refractivity contribution is 9.10. The molecule has 0 fully saturated rings. The summed E-state index contributed by atoms with van der Waals surface area (Å²) in [5, 5.41) is 4.35. The molecule has 6 heteroatoms. The molecule has 0 unspecified atom stereocenters. The highest BCUT2D eigenvalue weighted by Crippen LogP contribution is 2.28. The second-order valence-electron chi connectivity index (χ2n) is 5.05. The van der Waals surface area contributed by atoms with Gasteiger partial charge >= 0.3 is 0 Å². The molecule has 0 aliphatic carbocycles. The van der Waals surface area contributed by atoms with Gasteiger partial charge in [0.25, 0.3) is 5.91 Å². The monoisotopic (exact) mass is 334 g/mol. The molecule has 0 saturated carbocycles. The van der Waals surface area contributed by atoms with Crippen LogP contribution in [-0.4, -0.2) is 20.6 Å². The summed E-state index contributed by atoms with van der Waals surface area (Å²) >= 11 is 3.53. The number of amides is 1. The Morgan fingerprint density at radius 2 is 2.20 bits per heavy atom. The van der Waals surface area contributed by atoms with Crippen molar-refractivity contribution in [1.29, 1.82) is 0 Å². The van der Waals surface area contributed by atoms with Crippen molar-refractivity contribution in [2.24, 2.45) is 7.05 Å². The fraction of sp³-hybridized carbons (Fsp3) is 0.286. The van der Waals surface area contributed by atoms with Gasteiger partial charge in [-0.1, -0.05) is 6.07 Å². The van der Waals surface area contributed by atoms with Gasteiger partial charge in [-0.25, -0.2) is 0 Å². The molecule has 104 valence electrons. The van der Waals surface area contributed by atoms with Crippen molar-refractivity contribution in [3.8, 4) is 0 Å². The lowest BCUT2D eigenvalue weighted by atomic mass is 10.1. The second kappa shape index (κ2) is 4.63. The van der Waals surface area contributed by atoms with E-state index >= 15 is 0 Å². The lowest BCUT2D eigenvalue weighted by Gasteiger charge is -2.16. The van der Waals surface area contributed by atoms with Gasteiger partial charge in [0.15, 0.2) is 0 Å². The summed E-state index contributed by atoms with van der Waals surface area (Å²) in [6.45, 7) is 3.09. The van der Waals surface area contributed by atoms with Gasteiger partial charge in [0.1, 0.15) is 0 Å². The third kappa shape index (κ3) is 2.00. The van der Waals surface area contributed by atoms with Crippen LogP contribution in [0, 0.1) is 6.92 Å². The lowest BCUT2D eigenvalue weighted by Crippen LogP contribution is -2.24. The molecule has 20 heavy (non-hydrogen) atoms. The van der Waals surface area contributed by atoms with Gasteiger partial charge < -0.3 is 10.6 Å². The zero-order chi connectivity index (χ0) is 14.4. The average Bonchev–Trinajstić information content (AvgIpc) is 2.83. The first-order chi connectivity index (χ1) is 9.47. The smallest absolute Gasteiger partial charge is 0.254 e.